The summed E-state index contributed by atoms with van der Waals surface area (Å²) in [7, 11) is -3.15. The second kappa shape index (κ2) is 3.84. The fourth-order valence-electron chi connectivity index (χ4n) is 1.81. The van der Waals surface area contributed by atoms with Crippen LogP contribution in [0.1, 0.15) is 18.2 Å². The summed E-state index contributed by atoms with van der Waals surface area (Å²) in [5, 5.41) is 2.12. The van der Waals surface area contributed by atoms with Crippen LogP contribution in [0.2, 0.25) is 0 Å². The Morgan fingerprint density at radius 1 is 1.47 bits per heavy atom. The van der Waals surface area contributed by atoms with Crippen LogP contribution in [0.3, 0.4) is 0 Å². The first-order chi connectivity index (χ1) is 7.69. The van der Waals surface area contributed by atoms with E-state index in [4.69, 9.17) is 12.2 Å². The van der Waals surface area contributed by atoms with Crippen LogP contribution in [0.5, 0.6) is 0 Å². The lowest BCUT2D eigenvalue weighted by atomic mass is 10.3. The molecule has 1 saturated heterocycles. The zero-order valence-corrected chi connectivity index (χ0v) is 10.1. The van der Waals surface area contributed by atoms with Crippen molar-refractivity contribution in [3.05, 3.63) is 16.4 Å². The highest BCUT2D eigenvalue weighted by Gasteiger charge is 2.35. The van der Waals surface area contributed by atoms with Gasteiger partial charge in [-0.3, -0.25) is 9.78 Å². The monoisotopic (exact) mass is 286 g/mol. The predicted octanol–water partition coefficient (Wildman–Crippen LogP) is 1.92. The molecule has 0 aromatic carbocycles. The number of H-pyrrole nitrogens is 1. The van der Waals surface area contributed by atoms with Crippen LogP contribution in [0.4, 0.5) is 13.2 Å². The van der Waals surface area contributed by atoms with Gasteiger partial charge in [-0.1, -0.05) is 12.2 Å². The van der Waals surface area contributed by atoms with Gasteiger partial charge in [-0.2, -0.15) is 13.2 Å². The van der Waals surface area contributed by atoms with Crippen LogP contribution in [0, 0.1) is 4.64 Å². The van der Waals surface area contributed by atoms with Crippen molar-refractivity contribution < 1.29 is 21.6 Å². The van der Waals surface area contributed by atoms with Crippen LogP contribution in [0.15, 0.2) is 6.07 Å². The number of nitrogens with one attached hydrogen (secondary N) is 1. The number of nitrogens with zero attached hydrogens (tertiary/aromatic N) is 1. The van der Waals surface area contributed by atoms with E-state index in [0.29, 0.717) is 0 Å². The molecule has 2 rings (SSSR count). The number of alkyl halides is 3. The molecule has 1 atom stereocenters. The Labute approximate surface area is 100 Å². The van der Waals surface area contributed by atoms with E-state index >= 15 is 0 Å². The summed E-state index contributed by atoms with van der Waals surface area (Å²) in [6.07, 6.45) is -4.22. The summed E-state index contributed by atoms with van der Waals surface area (Å²) in [6, 6.07) is 0.281. The molecule has 17 heavy (non-hydrogen) atoms. The summed E-state index contributed by atoms with van der Waals surface area (Å²) in [4.78, 5) is 0. The van der Waals surface area contributed by atoms with Gasteiger partial charge in [-0.05, 0) is 6.42 Å². The Bertz CT molecular complexity index is 585. The van der Waals surface area contributed by atoms with Gasteiger partial charge in [0, 0.05) is 6.07 Å². The Hall–Kier alpha value is -0.830. The Kier molecular flexibility index (Phi) is 2.85. The first-order valence-electron chi connectivity index (χ1n) is 4.78. The van der Waals surface area contributed by atoms with Gasteiger partial charge in [-0.15, -0.1) is 0 Å². The van der Waals surface area contributed by atoms with Crippen LogP contribution < -0.4 is 0 Å². The van der Waals surface area contributed by atoms with Gasteiger partial charge in [-0.25, -0.2) is 8.42 Å². The van der Waals surface area contributed by atoms with Crippen LogP contribution in [-0.2, 0) is 16.0 Å². The molecule has 1 aliphatic heterocycles. The summed E-state index contributed by atoms with van der Waals surface area (Å²) < 4.78 is 60.8. The molecule has 0 aliphatic carbocycles. The molecule has 1 unspecified atom stereocenters. The smallest absolute Gasteiger partial charge is 0.293 e. The summed E-state index contributed by atoms with van der Waals surface area (Å²) in [5.41, 5.74) is -0.952. The van der Waals surface area contributed by atoms with Crippen molar-refractivity contribution in [1.82, 2.24) is 9.78 Å². The number of aromatic amines is 1. The Morgan fingerprint density at radius 2 is 2.12 bits per heavy atom. The number of halogens is 3. The third-order valence-corrected chi connectivity index (χ3v) is 4.69. The van der Waals surface area contributed by atoms with Gasteiger partial charge in [0.1, 0.15) is 10.3 Å². The van der Waals surface area contributed by atoms with E-state index in [0.717, 1.165) is 10.7 Å². The van der Waals surface area contributed by atoms with Crippen molar-refractivity contribution in [3.63, 3.8) is 0 Å². The normalized spacial score (nSPS) is 24.1. The lowest BCUT2D eigenvalue weighted by Gasteiger charge is -2.10. The summed E-state index contributed by atoms with van der Waals surface area (Å²) >= 11 is 4.79. The Balaban J connectivity index is 2.36. The van der Waals surface area contributed by atoms with Gasteiger partial charge >= 0.3 is 6.18 Å². The molecule has 2 heterocycles. The van der Waals surface area contributed by atoms with Crippen LogP contribution >= 0.6 is 12.2 Å². The van der Waals surface area contributed by atoms with E-state index in [-0.39, 0.29) is 22.6 Å². The third kappa shape index (κ3) is 2.54. The van der Waals surface area contributed by atoms with E-state index < -0.39 is 27.7 Å². The molecule has 0 spiro atoms. The summed E-state index contributed by atoms with van der Waals surface area (Å²) in [5.74, 6) is -0.182. The minimum atomic E-state index is -4.50. The fourth-order valence-corrected chi connectivity index (χ4v) is 3.82. The van der Waals surface area contributed by atoms with E-state index in [1.807, 2.05) is 0 Å². The molecule has 1 aromatic heterocycles. The minimum absolute atomic E-state index is 0.0141. The number of aromatic nitrogens is 2. The van der Waals surface area contributed by atoms with Crippen LogP contribution in [0.25, 0.3) is 0 Å². The van der Waals surface area contributed by atoms with Gasteiger partial charge in [0.2, 0.25) is 0 Å². The van der Waals surface area contributed by atoms with E-state index in [1.165, 1.54) is 0 Å². The number of hydrogen-bond acceptors (Lipinski definition) is 3. The van der Waals surface area contributed by atoms with E-state index in [9.17, 15) is 21.6 Å². The zero-order valence-electron chi connectivity index (χ0n) is 8.49. The highest BCUT2D eigenvalue weighted by molar-refractivity contribution is 7.91. The highest BCUT2D eigenvalue weighted by atomic mass is 32.2. The second-order valence-corrected chi connectivity index (χ2v) is 6.58. The number of sulfone groups is 1. The zero-order chi connectivity index (χ0) is 12.8. The maximum atomic E-state index is 12.4. The van der Waals surface area contributed by atoms with E-state index in [1.54, 1.807) is 0 Å². The van der Waals surface area contributed by atoms with Crippen molar-refractivity contribution in [1.29, 1.82) is 0 Å². The molecule has 0 amide bonds. The van der Waals surface area contributed by atoms with Gasteiger partial charge in [0.05, 0.1) is 17.5 Å². The van der Waals surface area contributed by atoms with Gasteiger partial charge in [0.15, 0.2) is 9.84 Å². The molecule has 1 fully saturated rings. The Morgan fingerprint density at radius 3 is 2.53 bits per heavy atom. The number of rotatable bonds is 1. The average Bonchev–Trinajstić information content (AvgIpc) is 2.68. The van der Waals surface area contributed by atoms with Crippen molar-refractivity contribution in [2.45, 2.75) is 18.6 Å². The van der Waals surface area contributed by atoms with Crippen LogP contribution in [-0.4, -0.2) is 29.7 Å². The molecule has 0 radical (unpaired) electrons. The molecule has 4 nitrogen and oxygen atoms in total. The maximum absolute atomic E-state index is 12.4. The largest absolute Gasteiger partial charge is 0.432 e. The van der Waals surface area contributed by atoms with Gasteiger partial charge < -0.3 is 0 Å². The number of hydrogen-bond donors (Lipinski definition) is 1. The maximum Gasteiger partial charge on any atom is 0.432 e. The highest BCUT2D eigenvalue weighted by Crippen LogP contribution is 2.30. The third-order valence-electron chi connectivity index (χ3n) is 2.63. The first-order valence-corrected chi connectivity index (χ1v) is 7.01. The summed E-state index contributed by atoms with van der Waals surface area (Å²) in [6.45, 7) is 0. The molecule has 1 aromatic rings. The first kappa shape index (κ1) is 12.6. The topological polar surface area (TPSA) is 54.9 Å². The molecule has 0 bridgehead atoms. The predicted molar refractivity (Wildman–Crippen MR) is 56.9 cm³/mol. The van der Waals surface area contributed by atoms with Crippen molar-refractivity contribution in [2.24, 2.45) is 0 Å². The van der Waals surface area contributed by atoms with Crippen molar-refractivity contribution in [3.8, 4) is 0 Å². The minimum Gasteiger partial charge on any atom is -0.293 e. The molecule has 1 N–H and O–H groups in total. The molecule has 96 valence electrons. The molecule has 9 heteroatoms. The SMILES string of the molecule is O=S1(=O)CCC(n2[nH]c(C(F)(F)F)cc2=S)C1. The fraction of sp³-hybridized carbons (Fsp3) is 0.625. The van der Waals surface area contributed by atoms with E-state index in [2.05, 4.69) is 5.10 Å². The molecule has 0 saturated carbocycles. The quantitative estimate of drug-likeness (QED) is 0.803. The molecular weight excluding hydrogens is 277 g/mol. The lowest BCUT2D eigenvalue weighted by Crippen LogP contribution is -2.14. The van der Waals surface area contributed by atoms with Crippen molar-refractivity contribution in [2.75, 3.05) is 11.5 Å². The second-order valence-electron chi connectivity index (χ2n) is 3.93. The van der Waals surface area contributed by atoms with Crippen molar-refractivity contribution >= 4 is 22.1 Å². The standard InChI is InChI=1S/C8H9F3N2O2S2/c9-8(10,11)6-3-7(16)13(12-6)5-1-2-17(14,15)4-5/h3,5,12H,1-2,4H2. The molecule has 1 aliphatic rings. The lowest BCUT2D eigenvalue weighted by molar-refractivity contribution is -0.141. The van der Waals surface area contributed by atoms with Gasteiger partial charge in [0.25, 0.3) is 0 Å². The average molecular weight is 286 g/mol. The molecular formula is C8H9F3N2O2S2.